The molecular formula is C12H22N2O. The van der Waals surface area contributed by atoms with E-state index in [-0.39, 0.29) is 6.04 Å². The van der Waals surface area contributed by atoms with E-state index in [0.717, 1.165) is 32.0 Å². The van der Waals surface area contributed by atoms with Gasteiger partial charge >= 0.3 is 0 Å². The number of amides is 1. The third kappa shape index (κ3) is 2.51. The van der Waals surface area contributed by atoms with Gasteiger partial charge in [-0.3, -0.25) is 10.1 Å². The maximum Gasteiger partial charge on any atom is 0.240 e. The highest BCUT2D eigenvalue weighted by Crippen LogP contribution is 2.26. The quantitative estimate of drug-likeness (QED) is 0.766. The zero-order valence-corrected chi connectivity index (χ0v) is 9.67. The number of carbonyl (C=O) groups is 1. The molecule has 1 aliphatic carbocycles. The van der Waals surface area contributed by atoms with Crippen LogP contribution in [0.15, 0.2) is 0 Å². The average Bonchev–Trinajstić information content (AvgIpc) is 2.83. The van der Waals surface area contributed by atoms with Gasteiger partial charge < -0.3 is 4.90 Å². The molecule has 1 saturated carbocycles. The first-order valence-electron chi connectivity index (χ1n) is 6.33. The van der Waals surface area contributed by atoms with Crippen molar-refractivity contribution in [3.05, 3.63) is 0 Å². The summed E-state index contributed by atoms with van der Waals surface area (Å²) in [5, 5.41) is 3.31. The van der Waals surface area contributed by atoms with Crippen LogP contribution in [0, 0.1) is 5.92 Å². The van der Waals surface area contributed by atoms with Crippen LogP contribution in [0.4, 0.5) is 0 Å². The van der Waals surface area contributed by atoms with E-state index in [9.17, 15) is 4.79 Å². The predicted octanol–water partition coefficient (Wildman–Crippen LogP) is 1.73. The molecular weight excluding hydrogens is 188 g/mol. The Kier molecular flexibility index (Phi) is 3.62. The Labute approximate surface area is 92.2 Å². The third-order valence-electron chi connectivity index (χ3n) is 3.67. The number of carbonyl (C=O) groups excluding carboxylic acids is 1. The van der Waals surface area contributed by atoms with Crippen LogP contribution in [0.1, 0.15) is 45.4 Å². The zero-order valence-electron chi connectivity index (χ0n) is 9.67. The second kappa shape index (κ2) is 4.97. The number of hydrogen-bond donors (Lipinski definition) is 1. The van der Waals surface area contributed by atoms with Gasteiger partial charge in [-0.05, 0) is 25.2 Å². The summed E-state index contributed by atoms with van der Waals surface area (Å²) in [4.78, 5) is 14.0. The molecule has 0 bridgehead atoms. The first-order chi connectivity index (χ1) is 7.31. The summed E-state index contributed by atoms with van der Waals surface area (Å²) in [6.07, 6.45) is 7.43. The van der Waals surface area contributed by atoms with Crippen LogP contribution in [-0.4, -0.2) is 30.1 Å². The van der Waals surface area contributed by atoms with E-state index in [0.29, 0.717) is 5.91 Å². The molecule has 1 N–H and O–H groups in total. The largest absolute Gasteiger partial charge is 0.328 e. The summed E-state index contributed by atoms with van der Waals surface area (Å²) in [5.74, 6) is 1.11. The maximum atomic E-state index is 11.9. The predicted molar refractivity (Wildman–Crippen MR) is 60.4 cm³/mol. The van der Waals surface area contributed by atoms with Crippen molar-refractivity contribution in [1.29, 1.82) is 0 Å². The molecule has 0 aromatic rings. The lowest BCUT2D eigenvalue weighted by atomic mass is 10.1. The van der Waals surface area contributed by atoms with E-state index in [2.05, 4.69) is 12.2 Å². The van der Waals surface area contributed by atoms with E-state index >= 15 is 0 Å². The minimum atomic E-state index is 0.108. The first kappa shape index (κ1) is 10.9. The van der Waals surface area contributed by atoms with Gasteiger partial charge in [0.2, 0.25) is 5.91 Å². The molecule has 1 saturated heterocycles. The number of nitrogens with one attached hydrogen (secondary N) is 1. The molecule has 0 aromatic carbocycles. The van der Waals surface area contributed by atoms with Crippen molar-refractivity contribution < 1.29 is 4.79 Å². The zero-order chi connectivity index (χ0) is 10.7. The van der Waals surface area contributed by atoms with Crippen LogP contribution in [0.5, 0.6) is 0 Å². The van der Waals surface area contributed by atoms with E-state index in [4.69, 9.17) is 0 Å². The minimum Gasteiger partial charge on any atom is -0.328 e. The lowest BCUT2D eigenvalue weighted by Crippen LogP contribution is -2.33. The van der Waals surface area contributed by atoms with Crippen LogP contribution in [0.3, 0.4) is 0 Å². The van der Waals surface area contributed by atoms with Gasteiger partial charge in [0.25, 0.3) is 0 Å². The molecule has 1 atom stereocenters. The lowest BCUT2D eigenvalue weighted by Gasteiger charge is -2.19. The van der Waals surface area contributed by atoms with E-state index in [1.54, 1.807) is 0 Å². The standard InChI is InChI=1S/C12H22N2O/c1-2-5-11-12(15)14(9-13-11)8-10-6-3-4-7-10/h10-11,13H,2-9H2,1H3. The van der Waals surface area contributed by atoms with Crippen molar-refractivity contribution in [2.24, 2.45) is 5.92 Å². The third-order valence-corrected chi connectivity index (χ3v) is 3.67. The summed E-state index contributed by atoms with van der Waals surface area (Å²) in [6, 6.07) is 0.108. The van der Waals surface area contributed by atoms with E-state index < -0.39 is 0 Å². The second-order valence-corrected chi connectivity index (χ2v) is 4.91. The van der Waals surface area contributed by atoms with Gasteiger partial charge in [0.15, 0.2) is 0 Å². The Hall–Kier alpha value is -0.570. The molecule has 1 aliphatic heterocycles. The molecule has 2 rings (SSSR count). The summed E-state index contributed by atoms with van der Waals surface area (Å²) >= 11 is 0. The molecule has 86 valence electrons. The van der Waals surface area contributed by atoms with Crippen molar-refractivity contribution in [2.75, 3.05) is 13.2 Å². The fourth-order valence-electron chi connectivity index (χ4n) is 2.78. The van der Waals surface area contributed by atoms with Gasteiger partial charge in [-0.15, -0.1) is 0 Å². The Morgan fingerprint density at radius 1 is 1.40 bits per heavy atom. The van der Waals surface area contributed by atoms with Crippen molar-refractivity contribution in [3.8, 4) is 0 Å². The summed E-state index contributed by atoms with van der Waals surface area (Å²) in [6.45, 7) is 3.90. The molecule has 3 nitrogen and oxygen atoms in total. The summed E-state index contributed by atoms with van der Waals surface area (Å²) < 4.78 is 0. The van der Waals surface area contributed by atoms with Gasteiger partial charge in [0.1, 0.15) is 0 Å². The molecule has 1 amide bonds. The first-order valence-corrected chi connectivity index (χ1v) is 6.33. The molecule has 1 heterocycles. The van der Waals surface area contributed by atoms with E-state index in [1.165, 1.54) is 25.7 Å². The smallest absolute Gasteiger partial charge is 0.240 e. The van der Waals surface area contributed by atoms with Crippen LogP contribution < -0.4 is 5.32 Å². The molecule has 15 heavy (non-hydrogen) atoms. The molecule has 0 aromatic heterocycles. The van der Waals surface area contributed by atoms with Gasteiger partial charge in [-0.1, -0.05) is 26.2 Å². The summed E-state index contributed by atoms with van der Waals surface area (Å²) in [5.41, 5.74) is 0. The Morgan fingerprint density at radius 3 is 2.80 bits per heavy atom. The minimum absolute atomic E-state index is 0.108. The Morgan fingerprint density at radius 2 is 2.13 bits per heavy atom. The van der Waals surface area contributed by atoms with Crippen LogP contribution in [-0.2, 0) is 4.79 Å². The second-order valence-electron chi connectivity index (χ2n) is 4.91. The molecule has 0 radical (unpaired) electrons. The topological polar surface area (TPSA) is 32.3 Å². The van der Waals surface area contributed by atoms with Crippen molar-refractivity contribution >= 4 is 5.91 Å². The normalized spacial score (nSPS) is 27.9. The SMILES string of the molecule is CCCC1NCN(CC2CCCC2)C1=O. The summed E-state index contributed by atoms with van der Waals surface area (Å²) in [7, 11) is 0. The van der Waals surface area contributed by atoms with Gasteiger partial charge in [-0.25, -0.2) is 0 Å². The highest BCUT2D eigenvalue weighted by atomic mass is 16.2. The molecule has 2 fully saturated rings. The van der Waals surface area contributed by atoms with Crippen LogP contribution >= 0.6 is 0 Å². The van der Waals surface area contributed by atoms with Gasteiger partial charge in [0, 0.05) is 6.54 Å². The van der Waals surface area contributed by atoms with Crippen molar-refractivity contribution in [2.45, 2.75) is 51.5 Å². The van der Waals surface area contributed by atoms with Gasteiger partial charge in [0.05, 0.1) is 12.7 Å². The van der Waals surface area contributed by atoms with Crippen LogP contribution in [0.2, 0.25) is 0 Å². The number of rotatable bonds is 4. The Bertz CT molecular complexity index is 224. The fourth-order valence-corrected chi connectivity index (χ4v) is 2.78. The molecule has 0 spiro atoms. The molecule has 1 unspecified atom stereocenters. The number of nitrogens with zero attached hydrogens (tertiary/aromatic N) is 1. The highest BCUT2D eigenvalue weighted by Gasteiger charge is 2.31. The van der Waals surface area contributed by atoms with Crippen molar-refractivity contribution in [3.63, 3.8) is 0 Å². The van der Waals surface area contributed by atoms with E-state index in [1.807, 2.05) is 4.90 Å². The highest BCUT2D eigenvalue weighted by molar-refractivity contribution is 5.83. The molecule has 3 heteroatoms. The van der Waals surface area contributed by atoms with Crippen molar-refractivity contribution in [1.82, 2.24) is 10.2 Å². The average molecular weight is 210 g/mol. The number of hydrogen-bond acceptors (Lipinski definition) is 2. The maximum absolute atomic E-state index is 11.9. The molecule has 2 aliphatic rings. The monoisotopic (exact) mass is 210 g/mol. The fraction of sp³-hybridized carbons (Fsp3) is 0.917. The van der Waals surface area contributed by atoms with Crippen LogP contribution in [0.25, 0.3) is 0 Å². The lowest BCUT2D eigenvalue weighted by molar-refractivity contribution is -0.129. The van der Waals surface area contributed by atoms with Gasteiger partial charge in [-0.2, -0.15) is 0 Å². The Balaban J connectivity index is 1.81.